The molecule has 2 rings (SSSR count). The number of benzene rings is 1. The summed E-state index contributed by atoms with van der Waals surface area (Å²) in [7, 11) is 0. The van der Waals surface area contributed by atoms with E-state index in [2.05, 4.69) is 5.32 Å². The van der Waals surface area contributed by atoms with Crippen molar-refractivity contribution in [2.75, 3.05) is 31.7 Å². The first kappa shape index (κ1) is 21.8. The van der Waals surface area contributed by atoms with E-state index in [9.17, 15) is 14.4 Å². The van der Waals surface area contributed by atoms with E-state index >= 15 is 0 Å². The van der Waals surface area contributed by atoms with Gasteiger partial charge in [0.15, 0.2) is 6.10 Å². The molecule has 0 bridgehead atoms. The third kappa shape index (κ3) is 6.00. The van der Waals surface area contributed by atoms with Crippen LogP contribution < -0.4 is 11.1 Å². The summed E-state index contributed by atoms with van der Waals surface area (Å²) in [5.41, 5.74) is 5.51. The van der Waals surface area contributed by atoms with Gasteiger partial charge in [-0.2, -0.15) is 11.8 Å². The fraction of sp³-hybridized carbons (Fsp3) is 0.471. The minimum Gasteiger partial charge on any atom is -0.367 e. The summed E-state index contributed by atoms with van der Waals surface area (Å²) >= 11 is 13.5. The van der Waals surface area contributed by atoms with Crippen LogP contribution in [0.3, 0.4) is 0 Å². The summed E-state index contributed by atoms with van der Waals surface area (Å²) in [6.07, 6.45) is 1.51. The molecule has 1 heterocycles. The topological polar surface area (TPSA) is 102 Å². The predicted octanol–water partition coefficient (Wildman–Crippen LogP) is 1.56. The van der Waals surface area contributed by atoms with Crippen LogP contribution in [0.1, 0.15) is 16.8 Å². The van der Waals surface area contributed by atoms with Crippen LogP contribution in [0.2, 0.25) is 10.0 Å². The van der Waals surface area contributed by atoms with Crippen molar-refractivity contribution in [2.45, 2.75) is 18.6 Å². The molecule has 2 unspecified atom stereocenters. The molecule has 0 saturated carbocycles. The number of morpholine rings is 1. The van der Waals surface area contributed by atoms with Crippen LogP contribution >= 0.6 is 35.0 Å². The lowest BCUT2D eigenvalue weighted by atomic mass is 10.1. The molecule has 3 N–H and O–H groups in total. The smallest absolute Gasteiger partial charge is 0.253 e. The number of carbonyl (C=O) groups is 3. The minimum atomic E-state index is -0.842. The third-order valence-electron chi connectivity index (χ3n) is 4.09. The van der Waals surface area contributed by atoms with E-state index < -0.39 is 24.0 Å². The molecule has 7 nitrogen and oxygen atoms in total. The molecule has 0 radical (unpaired) electrons. The van der Waals surface area contributed by atoms with Gasteiger partial charge in [0.25, 0.3) is 5.91 Å². The molecule has 1 fully saturated rings. The number of halogens is 2. The van der Waals surface area contributed by atoms with Gasteiger partial charge in [0.2, 0.25) is 11.8 Å². The zero-order chi connectivity index (χ0) is 20.0. The van der Waals surface area contributed by atoms with Gasteiger partial charge < -0.3 is 20.7 Å². The number of rotatable bonds is 7. The molecule has 2 atom stereocenters. The number of carbonyl (C=O) groups excluding carboxylic acids is 3. The quantitative estimate of drug-likeness (QED) is 0.678. The Balaban J connectivity index is 2.12. The minimum absolute atomic E-state index is 0.0709. The Labute approximate surface area is 171 Å². The van der Waals surface area contributed by atoms with Gasteiger partial charge in [-0.3, -0.25) is 14.4 Å². The Hall–Kier alpha value is -1.48. The molecule has 0 spiro atoms. The van der Waals surface area contributed by atoms with Crippen LogP contribution in [0, 0.1) is 0 Å². The van der Waals surface area contributed by atoms with Crippen molar-refractivity contribution in [1.82, 2.24) is 10.2 Å². The zero-order valence-electron chi connectivity index (χ0n) is 14.7. The molecule has 0 aromatic heterocycles. The standard InChI is InChI=1S/C17H21Cl2N3O4S/c1-27-7-4-13(17(25)22-5-6-26-14(9-22)15(20)23)21-16(24)11-3-2-10(18)8-12(11)19/h2-3,8,13-14H,4-7,9H2,1H3,(H2,20,23)(H,21,24). The highest BCUT2D eigenvalue weighted by atomic mass is 35.5. The number of thioether (sulfide) groups is 1. The van der Waals surface area contributed by atoms with Crippen molar-refractivity contribution in [3.63, 3.8) is 0 Å². The Bertz CT molecular complexity index is 719. The predicted molar refractivity (Wildman–Crippen MR) is 106 cm³/mol. The average Bonchev–Trinajstić information content (AvgIpc) is 2.64. The molecule has 1 saturated heterocycles. The maximum absolute atomic E-state index is 12.9. The second kappa shape index (κ2) is 10.2. The maximum Gasteiger partial charge on any atom is 0.253 e. The molecule has 0 aliphatic carbocycles. The van der Waals surface area contributed by atoms with E-state index in [1.807, 2.05) is 6.26 Å². The number of hydrogen-bond acceptors (Lipinski definition) is 5. The zero-order valence-corrected chi connectivity index (χ0v) is 17.1. The van der Waals surface area contributed by atoms with Gasteiger partial charge in [-0.1, -0.05) is 23.2 Å². The number of ether oxygens (including phenoxy) is 1. The van der Waals surface area contributed by atoms with E-state index in [-0.39, 0.29) is 29.6 Å². The fourth-order valence-electron chi connectivity index (χ4n) is 2.64. The molecule has 1 aromatic carbocycles. The number of hydrogen-bond donors (Lipinski definition) is 2. The molecule has 1 aliphatic rings. The molecule has 27 heavy (non-hydrogen) atoms. The normalized spacial score (nSPS) is 18.0. The van der Waals surface area contributed by atoms with Crippen LogP contribution in [0.5, 0.6) is 0 Å². The van der Waals surface area contributed by atoms with E-state index in [0.29, 0.717) is 23.7 Å². The lowest BCUT2D eigenvalue weighted by molar-refractivity contribution is -0.146. The van der Waals surface area contributed by atoms with Crippen molar-refractivity contribution in [3.8, 4) is 0 Å². The van der Waals surface area contributed by atoms with E-state index in [1.165, 1.54) is 17.0 Å². The van der Waals surface area contributed by atoms with Gasteiger partial charge >= 0.3 is 0 Å². The number of amides is 3. The molecule has 148 valence electrons. The summed E-state index contributed by atoms with van der Waals surface area (Å²) in [5, 5.41) is 3.36. The molecular formula is C17H21Cl2N3O4S. The van der Waals surface area contributed by atoms with Crippen molar-refractivity contribution >= 4 is 52.7 Å². The molecule has 1 aliphatic heterocycles. The van der Waals surface area contributed by atoms with Crippen molar-refractivity contribution in [1.29, 1.82) is 0 Å². The third-order valence-corrected chi connectivity index (χ3v) is 5.28. The summed E-state index contributed by atoms with van der Waals surface area (Å²) in [6, 6.07) is 3.79. The SMILES string of the molecule is CSCCC(NC(=O)c1ccc(Cl)cc1Cl)C(=O)N1CCOC(C(N)=O)C1. The monoisotopic (exact) mass is 433 g/mol. The molecular weight excluding hydrogens is 413 g/mol. The number of nitrogens with two attached hydrogens (primary N) is 1. The Morgan fingerprint density at radius 2 is 2.15 bits per heavy atom. The van der Waals surface area contributed by atoms with Crippen LogP contribution in [0.15, 0.2) is 18.2 Å². The largest absolute Gasteiger partial charge is 0.367 e. The van der Waals surface area contributed by atoms with Crippen LogP contribution in [-0.2, 0) is 14.3 Å². The lowest BCUT2D eigenvalue weighted by Gasteiger charge is -2.34. The Kier molecular flexibility index (Phi) is 8.22. The van der Waals surface area contributed by atoms with E-state index in [4.69, 9.17) is 33.7 Å². The van der Waals surface area contributed by atoms with Gasteiger partial charge in [0.05, 0.1) is 23.7 Å². The first-order chi connectivity index (χ1) is 12.8. The van der Waals surface area contributed by atoms with Gasteiger partial charge in [-0.05, 0) is 36.6 Å². The molecule has 10 heteroatoms. The van der Waals surface area contributed by atoms with Gasteiger partial charge in [0, 0.05) is 11.6 Å². The highest BCUT2D eigenvalue weighted by Crippen LogP contribution is 2.21. The van der Waals surface area contributed by atoms with Crippen LogP contribution in [0.4, 0.5) is 0 Å². The number of nitrogens with zero attached hydrogens (tertiary/aromatic N) is 1. The molecule has 1 aromatic rings. The number of primary amides is 1. The van der Waals surface area contributed by atoms with Gasteiger partial charge in [-0.25, -0.2) is 0 Å². The lowest BCUT2D eigenvalue weighted by Crippen LogP contribution is -2.56. The number of nitrogens with one attached hydrogen (secondary N) is 1. The average molecular weight is 434 g/mol. The molecule has 3 amide bonds. The van der Waals surface area contributed by atoms with Crippen LogP contribution in [0.25, 0.3) is 0 Å². The van der Waals surface area contributed by atoms with Crippen molar-refractivity contribution < 1.29 is 19.1 Å². The Morgan fingerprint density at radius 3 is 2.78 bits per heavy atom. The highest BCUT2D eigenvalue weighted by Gasteiger charge is 2.32. The van der Waals surface area contributed by atoms with E-state index in [0.717, 1.165) is 0 Å². The van der Waals surface area contributed by atoms with Crippen LogP contribution in [-0.4, -0.2) is 66.5 Å². The first-order valence-electron chi connectivity index (χ1n) is 8.28. The van der Waals surface area contributed by atoms with E-state index in [1.54, 1.807) is 17.8 Å². The Morgan fingerprint density at radius 1 is 1.41 bits per heavy atom. The highest BCUT2D eigenvalue weighted by molar-refractivity contribution is 7.98. The van der Waals surface area contributed by atoms with Crippen molar-refractivity contribution in [2.24, 2.45) is 5.73 Å². The van der Waals surface area contributed by atoms with Gasteiger partial charge in [0.1, 0.15) is 6.04 Å². The summed E-state index contributed by atoms with van der Waals surface area (Å²) in [5.74, 6) is -0.688. The second-order valence-corrected chi connectivity index (χ2v) is 7.81. The summed E-state index contributed by atoms with van der Waals surface area (Å²) in [6.45, 7) is 0.614. The van der Waals surface area contributed by atoms with Gasteiger partial charge in [-0.15, -0.1) is 0 Å². The fourth-order valence-corrected chi connectivity index (χ4v) is 3.61. The summed E-state index contributed by atoms with van der Waals surface area (Å²) in [4.78, 5) is 38.4. The summed E-state index contributed by atoms with van der Waals surface area (Å²) < 4.78 is 5.27. The maximum atomic E-state index is 12.9. The first-order valence-corrected chi connectivity index (χ1v) is 10.4. The van der Waals surface area contributed by atoms with Crippen molar-refractivity contribution in [3.05, 3.63) is 33.8 Å². The second-order valence-electron chi connectivity index (χ2n) is 5.98.